The number of fused-ring (bicyclic) bond motifs is 3. The molecule has 1 atom stereocenters. The maximum Gasteiger partial charge on any atom is 0.336 e. The Kier molecular flexibility index (Phi) is 6.03. The molecule has 162 valence electrons. The Labute approximate surface area is 184 Å². The van der Waals surface area contributed by atoms with Crippen LogP contribution >= 0.6 is 0 Å². The van der Waals surface area contributed by atoms with E-state index in [1.54, 1.807) is 30.3 Å². The number of hydrogen-bond acceptors (Lipinski definition) is 5. The highest BCUT2D eigenvalue weighted by Crippen LogP contribution is 2.28. The molecule has 1 aromatic heterocycles. The summed E-state index contributed by atoms with van der Waals surface area (Å²) < 4.78 is 10.9. The van der Waals surface area contributed by atoms with E-state index in [2.05, 4.69) is 5.32 Å². The second-order valence-corrected chi connectivity index (χ2v) is 7.92. The predicted octanol–water partition coefficient (Wildman–Crippen LogP) is 4.44. The third-order valence-corrected chi connectivity index (χ3v) is 5.33. The van der Waals surface area contributed by atoms with Crippen molar-refractivity contribution in [1.82, 2.24) is 5.32 Å². The van der Waals surface area contributed by atoms with Crippen molar-refractivity contribution in [2.45, 2.75) is 26.5 Å². The first-order valence-corrected chi connectivity index (χ1v) is 10.4. The summed E-state index contributed by atoms with van der Waals surface area (Å²) in [7, 11) is 0. The Morgan fingerprint density at radius 3 is 2.44 bits per heavy atom. The van der Waals surface area contributed by atoms with Crippen molar-refractivity contribution in [3.8, 4) is 0 Å². The normalized spacial score (nSPS) is 12.1. The van der Waals surface area contributed by atoms with Gasteiger partial charge < -0.3 is 14.5 Å². The topological polar surface area (TPSA) is 85.6 Å². The summed E-state index contributed by atoms with van der Waals surface area (Å²) in [5, 5.41) is 5.36. The van der Waals surface area contributed by atoms with Crippen molar-refractivity contribution < 1.29 is 18.7 Å². The van der Waals surface area contributed by atoms with Gasteiger partial charge in [-0.3, -0.25) is 4.79 Å². The second kappa shape index (κ2) is 9.06. The number of amides is 1. The zero-order valence-electron chi connectivity index (χ0n) is 17.8. The number of hydrogen-bond donors (Lipinski definition) is 1. The van der Waals surface area contributed by atoms with E-state index < -0.39 is 17.6 Å². The van der Waals surface area contributed by atoms with Gasteiger partial charge in [0.1, 0.15) is 18.2 Å². The van der Waals surface area contributed by atoms with Gasteiger partial charge in [-0.05, 0) is 34.9 Å². The lowest BCUT2D eigenvalue weighted by atomic mass is 10.0. The van der Waals surface area contributed by atoms with Crippen molar-refractivity contribution in [3.63, 3.8) is 0 Å². The van der Waals surface area contributed by atoms with E-state index in [1.807, 2.05) is 50.2 Å². The second-order valence-electron chi connectivity index (χ2n) is 7.92. The van der Waals surface area contributed by atoms with E-state index in [4.69, 9.17) is 9.15 Å². The fourth-order valence-corrected chi connectivity index (χ4v) is 3.68. The van der Waals surface area contributed by atoms with Gasteiger partial charge in [-0.15, -0.1) is 0 Å². The van der Waals surface area contributed by atoms with Crippen LogP contribution in [0.15, 0.2) is 82.0 Å². The van der Waals surface area contributed by atoms with Gasteiger partial charge in [-0.2, -0.15) is 0 Å². The van der Waals surface area contributed by atoms with Crippen LogP contribution in [0.1, 0.15) is 29.8 Å². The number of rotatable bonds is 6. The minimum Gasteiger partial charge on any atom is -0.459 e. The molecule has 0 aliphatic heterocycles. The van der Waals surface area contributed by atoms with Gasteiger partial charge in [0.25, 0.3) is 5.91 Å². The van der Waals surface area contributed by atoms with Crippen LogP contribution in [0, 0.1) is 5.92 Å². The largest absolute Gasteiger partial charge is 0.459 e. The molecule has 0 aliphatic carbocycles. The molecule has 0 fully saturated rings. The lowest BCUT2D eigenvalue weighted by Crippen LogP contribution is -2.45. The minimum absolute atomic E-state index is 0.112. The van der Waals surface area contributed by atoms with Gasteiger partial charge in [0, 0.05) is 22.6 Å². The Morgan fingerprint density at radius 1 is 0.969 bits per heavy atom. The first kappa shape index (κ1) is 21.3. The molecule has 0 spiro atoms. The van der Waals surface area contributed by atoms with Crippen LogP contribution in [0.2, 0.25) is 0 Å². The molecule has 32 heavy (non-hydrogen) atoms. The summed E-state index contributed by atoms with van der Waals surface area (Å²) in [5.41, 5.74) is 0.930. The Bertz CT molecular complexity index is 1340. The monoisotopic (exact) mass is 429 g/mol. The number of carbonyl (C=O) groups is 2. The average Bonchev–Trinajstić information content (AvgIpc) is 2.80. The zero-order valence-corrected chi connectivity index (χ0v) is 17.8. The summed E-state index contributed by atoms with van der Waals surface area (Å²) >= 11 is 0. The first-order valence-electron chi connectivity index (χ1n) is 10.4. The van der Waals surface area contributed by atoms with Gasteiger partial charge in [0.15, 0.2) is 0 Å². The zero-order chi connectivity index (χ0) is 22.7. The van der Waals surface area contributed by atoms with Crippen molar-refractivity contribution in [1.29, 1.82) is 0 Å². The fraction of sp³-hybridized carbons (Fsp3) is 0.192. The van der Waals surface area contributed by atoms with Crippen LogP contribution in [0.3, 0.4) is 0 Å². The molecule has 0 unspecified atom stereocenters. The summed E-state index contributed by atoms with van der Waals surface area (Å²) in [5.74, 6) is -1.10. The summed E-state index contributed by atoms with van der Waals surface area (Å²) in [6.07, 6.45) is 0. The van der Waals surface area contributed by atoms with Crippen molar-refractivity contribution >= 4 is 33.6 Å². The molecule has 6 nitrogen and oxygen atoms in total. The predicted molar refractivity (Wildman–Crippen MR) is 122 cm³/mol. The van der Waals surface area contributed by atoms with Crippen LogP contribution in [0.4, 0.5) is 0 Å². The van der Waals surface area contributed by atoms with Gasteiger partial charge in [-0.1, -0.05) is 62.4 Å². The Balaban J connectivity index is 1.59. The van der Waals surface area contributed by atoms with E-state index in [9.17, 15) is 14.4 Å². The van der Waals surface area contributed by atoms with Crippen LogP contribution in [-0.4, -0.2) is 17.9 Å². The van der Waals surface area contributed by atoms with Gasteiger partial charge in [0.05, 0.1) is 0 Å². The molecule has 0 saturated carbocycles. The molecule has 0 aliphatic rings. The fourth-order valence-electron chi connectivity index (χ4n) is 3.68. The summed E-state index contributed by atoms with van der Waals surface area (Å²) in [6.45, 7) is 3.55. The summed E-state index contributed by atoms with van der Waals surface area (Å²) in [4.78, 5) is 37.5. The molecule has 4 aromatic rings. The van der Waals surface area contributed by atoms with Crippen molar-refractivity contribution in [2.24, 2.45) is 5.92 Å². The number of ether oxygens (including phenoxy) is 1. The van der Waals surface area contributed by atoms with E-state index >= 15 is 0 Å². The molecular formula is C26H23NO5. The number of carbonyl (C=O) groups excluding carboxylic acids is 2. The molecule has 6 heteroatoms. The van der Waals surface area contributed by atoms with Gasteiger partial charge in [-0.25, -0.2) is 9.59 Å². The molecule has 3 aromatic carbocycles. The highest BCUT2D eigenvalue weighted by molar-refractivity contribution is 6.07. The van der Waals surface area contributed by atoms with Crippen molar-refractivity contribution in [2.75, 3.05) is 0 Å². The third kappa shape index (κ3) is 4.39. The van der Waals surface area contributed by atoms with E-state index in [-0.39, 0.29) is 18.4 Å². The molecule has 0 radical (unpaired) electrons. The maximum absolute atomic E-state index is 12.9. The molecule has 1 amide bonds. The lowest BCUT2D eigenvalue weighted by Gasteiger charge is -2.21. The molecule has 1 N–H and O–H groups in total. The van der Waals surface area contributed by atoms with E-state index in [0.717, 1.165) is 16.2 Å². The van der Waals surface area contributed by atoms with Crippen LogP contribution in [0.25, 0.3) is 21.7 Å². The smallest absolute Gasteiger partial charge is 0.336 e. The molecule has 4 rings (SSSR count). The Morgan fingerprint density at radius 2 is 1.69 bits per heavy atom. The minimum atomic E-state index is -0.828. The SMILES string of the molecule is CC(C)[C@H](NC(=O)c1ccccc1)C(=O)OCc1cc(=O)oc2ccc3ccccc3c12. The highest BCUT2D eigenvalue weighted by atomic mass is 16.5. The summed E-state index contributed by atoms with van der Waals surface area (Å²) in [6, 6.07) is 20.5. The molecule has 1 heterocycles. The Hall–Kier alpha value is -3.93. The first-order chi connectivity index (χ1) is 15.4. The molecular weight excluding hydrogens is 406 g/mol. The average molecular weight is 429 g/mol. The lowest BCUT2D eigenvalue weighted by molar-refractivity contribution is -0.148. The van der Waals surface area contributed by atoms with Crippen LogP contribution in [0.5, 0.6) is 0 Å². The number of benzene rings is 3. The van der Waals surface area contributed by atoms with E-state index in [0.29, 0.717) is 16.7 Å². The number of nitrogens with one attached hydrogen (secondary N) is 1. The van der Waals surface area contributed by atoms with Crippen LogP contribution < -0.4 is 10.9 Å². The quantitative estimate of drug-likeness (QED) is 0.278. The standard InChI is InChI=1S/C26H23NO5/c1-16(2)24(27-25(29)18-9-4-3-5-10-18)26(30)31-15-19-14-22(28)32-21-13-12-17-8-6-7-11-20(17)23(19)21/h3-14,16,24H,15H2,1-2H3,(H,27,29)/t24-/m0/s1. The maximum atomic E-state index is 12.9. The van der Waals surface area contributed by atoms with Gasteiger partial charge in [0.2, 0.25) is 0 Å². The number of esters is 1. The van der Waals surface area contributed by atoms with Crippen molar-refractivity contribution in [3.05, 3.63) is 94.3 Å². The van der Waals surface area contributed by atoms with Gasteiger partial charge >= 0.3 is 11.6 Å². The molecule has 0 bridgehead atoms. The van der Waals surface area contributed by atoms with Crippen LogP contribution in [-0.2, 0) is 16.1 Å². The van der Waals surface area contributed by atoms with E-state index in [1.165, 1.54) is 6.07 Å². The highest BCUT2D eigenvalue weighted by Gasteiger charge is 2.26. The third-order valence-electron chi connectivity index (χ3n) is 5.33. The molecule has 0 saturated heterocycles.